The average Bonchev–Trinajstić information content (AvgIpc) is 2.53. The second-order valence-corrected chi connectivity index (χ2v) is 7.07. The van der Waals surface area contributed by atoms with Crippen LogP contribution in [0.3, 0.4) is 0 Å². The van der Waals surface area contributed by atoms with Gasteiger partial charge in [-0.2, -0.15) is 0 Å². The lowest BCUT2D eigenvalue weighted by atomic mass is 9.84. The van der Waals surface area contributed by atoms with Crippen LogP contribution >= 0.6 is 0 Å². The molecule has 0 spiro atoms. The second kappa shape index (κ2) is 6.81. The van der Waals surface area contributed by atoms with Gasteiger partial charge in [0.15, 0.2) is 0 Å². The van der Waals surface area contributed by atoms with Gasteiger partial charge in [0.25, 0.3) is 0 Å². The summed E-state index contributed by atoms with van der Waals surface area (Å²) in [4.78, 5) is 25.2. The van der Waals surface area contributed by atoms with Gasteiger partial charge in [0.2, 0.25) is 0 Å². The first-order chi connectivity index (χ1) is 11.1. The van der Waals surface area contributed by atoms with Gasteiger partial charge >= 0.3 is 12.1 Å². The minimum absolute atomic E-state index is 0.356. The molecule has 0 radical (unpaired) electrons. The largest absolute Gasteiger partial charge is 0.465 e. The maximum absolute atomic E-state index is 12.1. The molecule has 0 aliphatic carbocycles. The Balaban J connectivity index is 2.01. The first-order valence-electron chi connectivity index (χ1n) is 8.04. The summed E-state index contributed by atoms with van der Waals surface area (Å²) in [6.45, 7) is 6.32. The number of rotatable bonds is 2. The van der Waals surface area contributed by atoms with Gasteiger partial charge in [0.1, 0.15) is 5.60 Å². The molecule has 1 heterocycles. The number of ether oxygens (including phenoxy) is 2. The van der Waals surface area contributed by atoms with E-state index >= 15 is 0 Å². The topological polar surface area (TPSA) is 76.1 Å². The fourth-order valence-corrected chi connectivity index (χ4v) is 2.71. The Morgan fingerprint density at radius 3 is 2.12 bits per heavy atom. The standard InChI is InChI=1S/C18H25NO5/c1-17(2,3)24-16(21)19-11-9-18(22,10-12-19)14-7-5-13(6-8-14)15(20)23-4/h5-8,22H,9-12H2,1-4H3. The van der Waals surface area contributed by atoms with Crippen LogP contribution < -0.4 is 0 Å². The van der Waals surface area contributed by atoms with Crippen LogP contribution in [0.1, 0.15) is 49.5 Å². The zero-order valence-corrected chi connectivity index (χ0v) is 14.7. The number of carbonyl (C=O) groups excluding carboxylic acids is 2. The van der Waals surface area contributed by atoms with Gasteiger partial charge < -0.3 is 19.5 Å². The molecule has 6 heteroatoms. The van der Waals surface area contributed by atoms with E-state index in [1.165, 1.54) is 7.11 Å². The van der Waals surface area contributed by atoms with Crippen LogP contribution in [-0.4, -0.2) is 47.9 Å². The highest BCUT2D eigenvalue weighted by atomic mass is 16.6. The average molecular weight is 335 g/mol. The maximum atomic E-state index is 12.1. The maximum Gasteiger partial charge on any atom is 0.410 e. The molecule has 0 aromatic heterocycles. The van der Waals surface area contributed by atoms with Crippen molar-refractivity contribution in [3.8, 4) is 0 Å². The molecule has 1 aromatic rings. The van der Waals surface area contributed by atoms with Crippen molar-refractivity contribution in [2.45, 2.75) is 44.8 Å². The number of carbonyl (C=O) groups is 2. The first-order valence-corrected chi connectivity index (χ1v) is 8.04. The van der Waals surface area contributed by atoms with Gasteiger partial charge in [0, 0.05) is 13.1 Å². The van der Waals surface area contributed by atoms with Crippen LogP contribution in [0.2, 0.25) is 0 Å². The lowest BCUT2D eigenvalue weighted by molar-refractivity contribution is -0.0356. The summed E-state index contributed by atoms with van der Waals surface area (Å²) in [6, 6.07) is 6.74. The zero-order valence-electron chi connectivity index (χ0n) is 14.7. The number of amides is 1. The van der Waals surface area contributed by atoms with Crippen molar-refractivity contribution < 1.29 is 24.2 Å². The van der Waals surface area contributed by atoms with Gasteiger partial charge in [-0.25, -0.2) is 9.59 Å². The quantitative estimate of drug-likeness (QED) is 0.841. The predicted molar refractivity (Wildman–Crippen MR) is 88.7 cm³/mol. The SMILES string of the molecule is COC(=O)c1ccc(C2(O)CCN(C(=O)OC(C)(C)C)CC2)cc1. The van der Waals surface area contributed by atoms with E-state index in [0.29, 0.717) is 31.5 Å². The number of hydrogen-bond donors (Lipinski definition) is 1. The molecule has 0 atom stereocenters. The van der Waals surface area contributed by atoms with Gasteiger partial charge in [-0.3, -0.25) is 0 Å². The number of benzene rings is 1. The Kier molecular flexibility index (Phi) is 5.18. The van der Waals surface area contributed by atoms with E-state index < -0.39 is 17.2 Å². The molecule has 0 bridgehead atoms. The molecule has 1 aliphatic rings. The Hall–Kier alpha value is -2.08. The summed E-state index contributed by atoms with van der Waals surface area (Å²) in [5, 5.41) is 10.9. The highest BCUT2D eigenvalue weighted by Gasteiger charge is 2.36. The van der Waals surface area contributed by atoms with E-state index in [1.807, 2.05) is 20.8 Å². The fourth-order valence-electron chi connectivity index (χ4n) is 2.71. The lowest BCUT2D eigenvalue weighted by Crippen LogP contribution is -2.46. The summed E-state index contributed by atoms with van der Waals surface area (Å²) in [5.41, 5.74) is -0.364. The Morgan fingerprint density at radius 2 is 1.67 bits per heavy atom. The highest BCUT2D eigenvalue weighted by Crippen LogP contribution is 2.33. The van der Waals surface area contributed by atoms with Crippen molar-refractivity contribution in [2.24, 2.45) is 0 Å². The van der Waals surface area contributed by atoms with Gasteiger partial charge in [-0.1, -0.05) is 12.1 Å². The number of aliphatic hydroxyl groups is 1. The van der Waals surface area contributed by atoms with Crippen LogP contribution in [-0.2, 0) is 15.1 Å². The number of likely N-dealkylation sites (tertiary alicyclic amines) is 1. The van der Waals surface area contributed by atoms with Gasteiger partial charge in [-0.05, 0) is 51.3 Å². The molecular weight excluding hydrogens is 310 g/mol. The van der Waals surface area contributed by atoms with Gasteiger partial charge in [0.05, 0.1) is 18.3 Å². The molecule has 2 rings (SSSR count). The molecule has 1 aliphatic heterocycles. The minimum Gasteiger partial charge on any atom is -0.465 e. The number of piperidine rings is 1. The summed E-state index contributed by atoms with van der Waals surface area (Å²) in [6.07, 6.45) is 0.485. The van der Waals surface area contributed by atoms with E-state index in [2.05, 4.69) is 4.74 Å². The molecule has 24 heavy (non-hydrogen) atoms. The Labute approximate surface area is 142 Å². The van der Waals surface area contributed by atoms with E-state index in [4.69, 9.17) is 4.74 Å². The summed E-state index contributed by atoms with van der Waals surface area (Å²) in [5.74, 6) is -0.409. The molecular formula is C18H25NO5. The van der Waals surface area contributed by atoms with Crippen molar-refractivity contribution in [1.82, 2.24) is 4.90 Å². The molecule has 1 N–H and O–H groups in total. The smallest absolute Gasteiger partial charge is 0.410 e. The third-order valence-corrected chi connectivity index (χ3v) is 4.09. The molecule has 132 valence electrons. The zero-order chi connectivity index (χ0) is 18.0. The van der Waals surface area contributed by atoms with Crippen molar-refractivity contribution >= 4 is 12.1 Å². The number of methoxy groups -OCH3 is 1. The van der Waals surface area contributed by atoms with Crippen molar-refractivity contribution in [3.05, 3.63) is 35.4 Å². The van der Waals surface area contributed by atoms with Crippen molar-refractivity contribution in [3.63, 3.8) is 0 Å². The molecule has 0 unspecified atom stereocenters. The molecule has 6 nitrogen and oxygen atoms in total. The third-order valence-electron chi connectivity index (χ3n) is 4.09. The molecule has 1 fully saturated rings. The van der Waals surface area contributed by atoms with E-state index in [9.17, 15) is 14.7 Å². The van der Waals surface area contributed by atoms with E-state index in [-0.39, 0.29) is 6.09 Å². The number of nitrogens with zero attached hydrogens (tertiary/aromatic N) is 1. The van der Waals surface area contributed by atoms with E-state index in [0.717, 1.165) is 5.56 Å². The van der Waals surface area contributed by atoms with Crippen molar-refractivity contribution in [1.29, 1.82) is 0 Å². The summed E-state index contributed by atoms with van der Waals surface area (Å²) in [7, 11) is 1.33. The van der Waals surface area contributed by atoms with Crippen LogP contribution in [0, 0.1) is 0 Å². The molecule has 1 amide bonds. The normalized spacial score (nSPS) is 17.3. The highest BCUT2D eigenvalue weighted by molar-refractivity contribution is 5.89. The molecule has 1 aromatic carbocycles. The number of esters is 1. The molecule has 0 saturated carbocycles. The minimum atomic E-state index is -1.01. The van der Waals surface area contributed by atoms with Gasteiger partial charge in [-0.15, -0.1) is 0 Å². The molecule has 1 saturated heterocycles. The predicted octanol–water partition coefficient (Wildman–Crippen LogP) is 2.69. The summed E-state index contributed by atoms with van der Waals surface area (Å²) < 4.78 is 10.0. The second-order valence-electron chi connectivity index (χ2n) is 7.07. The lowest BCUT2D eigenvalue weighted by Gasteiger charge is -2.39. The fraction of sp³-hybridized carbons (Fsp3) is 0.556. The monoisotopic (exact) mass is 335 g/mol. The number of hydrogen-bond acceptors (Lipinski definition) is 5. The van der Waals surface area contributed by atoms with Crippen LogP contribution in [0.25, 0.3) is 0 Å². The van der Waals surface area contributed by atoms with E-state index in [1.54, 1.807) is 29.2 Å². The third kappa shape index (κ3) is 4.26. The van der Waals surface area contributed by atoms with Crippen LogP contribution in [0.4, 0.5) is 4.79 Å². The van der Waals surface area contributed by atoms with Crippen LogP contribution in [0.15, 0.2) is 24.3 Å². The van der Waals surface area contributed by atoms with Crippen LogP contribution in [0.5, 0.6) is 0 Å². The Bertz CT molecular complexity index is 595. The Morgan fingerprint density at radius 1 is 1.12 bits per heavy atom. The summed E-state index contributed by atoms with van der Waals surface area (Å²) >= 11 is 0. The first kappa shape index (κ1) is 18.3. The van der Waals surface area contributed by atoms with Crippen molar-refractivity contribution in [2.75, 3.05) is 20.2 Å².